The van der Waals surface area contributed by atoms with Crippen LogP contribution >= 0.6 is 22.7 Å². The van der Waals surface area contributed by atoms with Crippen LogP contribution < -0.4 is 5.32 Å². The predicted octanol–water partition coefficient (Wildman–Crippen LogP) is 3.38. The summed E-state index contributed by atoms with van der Waals surface area (Å²) in [4.78, 5) is 23.8. The third-order valence-electron chi connectivity index (χ3n) is 2.48. The van der Waals surface area contributed by atoms with E-state index in [9.17, 15) is 9.59 Å². The van der Waals surface area contributed by atoms with E-state index in [-0.39, 0.29) is 10.8 Å². The summed E-state index contributed by atoms with van der Waals surface area (Å²) in [6.45, 7) is 3.63. The summed E-state index contributed by atoms with van der Waals surface area (Å²) in [5.74, 6) is -1.28. The van der Waals surface area contributed by atoms with E-state index in [4.69, 9.17) is 5.11 Å². The normalized spacial score (nSPS) is 10.3. The molecule has 4 nitrogen and oxygen atoms in total. The molecule has 2 heterocycles. The molecule has 0 saturated heterocycles. The Labute approximate surface area is 112 Å². The SMILES string of the molecule is Cc1ccsc1C(=O)Nc1c(C)csc1C(=O)O. The second kappa shape index (κ2) is 4.91. The molecule has 0 aliphatic heterocycles. The standard InChI is InChI=1S/C12H11NO3S2/c1-6-3-4-17-9(6)11(14)13-8-7(2)5-18-10(8)12(15)16/h3-5H,1-2H3,(H,13,14)(H,15,16). The molecule has 2 N–H and O–H groups in total. The van der Waals surface area contributed by atoms with E-state index < -0.39 is 5.97 Å². The van der Waals surface area contributed by atoms with E-state index in [0.29, 0.717) is 10.6 Å². The second-order valence-corrected chi connectivity index (χ2v) is 5.61. The van der Waals surface area contributed by atoms with E-state index in [1.807, 2.05) is 18.4 Å². The lowest BCUT2D eigenvalue weighted by molar-refractivity contribution is 0.0703. The van der Waals surface area contributed by atoms with E-state index in [2.05, 4.69) is 5.32 Å². The highest BCUT2D eigenvalue weighted by molar-refractivity contribution is 7.13. The van der Waals surface area contributed by atoms with Crippen molar-refractivity contribution in [1.29, 1.82) is 0 Å². The van der Waals surface area contributed by atoms with Crippen LogP contribution in [-0.2, 0) is 0 Å². The molecule has 0 spiro atoms. The molecule has 2 rings (SSSR count). The van der Waals surface area contributed by atoms with Crippen molar-refractivity contribution in [3.05, 3.63) is 37.7 Å². The number of carboxylic acids is 1. The van der Waals surface area contributed by atoms with E-state index in [0.717, 1.165) is 22.5 Å². The van der Waals surface area contributed by atoms with Gasteiger partial charge in [-0.15, -0.1) is 22.7 Å². The second-order valence-electron chi connectivity index (χ2n) is 3.81. The monoisotopic (exact) mass is 281 g/mol. The van der Waals surface area contributed by atoms with Crippen LogP contribution in [0.2, 0.25) is 0 Å². The summed E-state index contributed by atoms with van der Waals surface area (Å²) in [6.07, 6.45) is 0. The van der Waals surface area contributed by atoms with E-state index >= 15 is 0 Å². The van der Waals surface area contributed by atoms with Crippen LogP contribution in [-0.4, -0.2) is 17.0 Å². The minimum atomic E-state index is -1.02. The maximum atomic E-state index is 12.0. The number of rotatable bonds is 3. The van der Waals surface area contributed by atoms with Crippen LogP contribution in [0.3, 0.4) is 0 Å². The Morgan fingerprint density at radius 2 is 1.89 bits per heavy atom. The van der Waals surface area contributed by atoms with Crippen LogP contribution in [0.1, 0.15) is 30.5 Å². The van der Waals surface area contributed by atoms with Gasteiger partial charge in [0.2, 0.25) is 0 Å². The van der Waals surface area contributed by atoms with Crippen molar-refractivity contribution in [2.45, 2.75) is 13.8 Å². The topological polar surface area (TPSA) is 66.4 Å². The summed E-state index contributed by atoms with van der Waals surface area (Å²) < 4.78 is 0. The van der Waals surface area contributed by atoms with Gasteiger partial charge in [-0.1, -0.05) is 0 Å². The van der Waals surface area contributed by atoms with Crippen LogP contribution in [0.15, 0.2) is 16.8 Å². The zero-order valence-electron chi connectivity index (χ0n) is 9.81. The highest BCUT2D eigenvalue weighted by atomic mass is 32.1. The molecule has 2 aromatic rings. The summed E-state index contributed by atoms with van der Waals surface area (Å²) in [6, 6.07) is 1.86. The molecule has 0 radical (unpaired) electrons. The van der Waals surface area contributed by atoms with Gasteiger partial charge in [-0.2, -0.15) is 0 Å². The molecule has 2 aromatic heterocycles. The molecular weight excluding hydrogens is 270 g/mol. The van der Waals surface area contributed by atoms with Crippen LogP contribution in [0.5, 0.6) is 0 Å². The number of thiophene rings is 2. The zero-order valence-corrected chi connectivity index (χ0v) is 11.4. The summed E-state index contributed by atoms with van der Waals surface area (Å²) in [5.41, 5.74) is 2.05. The third kappa shape index (κ3) is 2.30. The fraction of sp³-hybridized carbons (Fsp3) is 0.167. The van der Waals surface area contributed by atoms with Crippen LogP contribution in [0.25, 0.3) is 0 Å². The summed E-state index contributed by atoms with van der Waals surface area (Å²) >= 11 is 2.46. The molecule has 0 saturated carbocycles. The third-order valence-corrected chi connectivity index (χ3v) is 4.58. The lowest BCUT2D eigenvalue weighted by Crippen LogP contribution is -2.13. The molecule has 0 unspecified atom stereocenters. The van der Waals surface area contributed by atoms with Crippen molar-refractivity contribution in [2.75, 3.05) is 5.32 Å². The van der Waals surface area contributed by atoms with Gasteiger partial charge in [0, 0.05) is 0 Å². The van der Waals surface area contributed by atoms with Gasteiger partial charge in [0.15, 0.2) is 0 Å². The van der Waals surface area contributed by atoms with Gasteiger partial charge in [-0.3, -0.25) is 4.79 Å². The predicted molar refractivity (Wildman–Crippen MR) is 73.0 cm³/mol. The molecule has 94 valence electrons. The fourth-order valence-electron chi connectivity index (χ4n) is 1.53. The van der Waals surface area contributed by atoms with Crippen LogP contribution in [0, 0.1) is 13.8 Å². The number of anilines is 1. The molecule has 0 aliphatic carbocycles. The Morgan fingerprint density at radius 3 is 2.44 bits per heavy atom. The highest BCUT2D eigenvalue weighted by Gasteiger charge is 2.19. The maximum Gasteiger partial charge on any atom is 0.348 e. The number of carbonyl (C=O) groups excluding carboxylic acids is 1. The minimum absolute atomic E-state index is 0.162. The first kappa shape index (κ1) is 12.8. The zero-order chi connectivity index (χ0) is 13.3. The quantitative estimate of drug-likeness (QED) is 0.906. The van der Waals surface area contributed by atoms with Gasteiger partial charge in [0.25, 0.3) is 5.91 Å². The number of hydrogen-bond acceptors (Lipinski definition) is 4. The summed E-state index contributed by atoms with van der Waals surface area (Å²) in [5, 5.41) is 15.3. The lowest BCUT2D eigenvalue weighted by atomic mass is 10.2. The van der Waals surface area contributed by atoms with Crippen LogP contribution in [0.4, 0.5) is 5.69 Å². The first-order valence-electron chi connectivity index (χ1n) is 5.17. The van der Waals surface area contributed by atoms with Crippen molar-refractivity contribution < 1.29 is 14.7 Å². The van der Waals surface area contributed by atoms with E-state index in [1.54, 1.807) is 12.3 Å². The lowest BCUT2D eigenvalue weighted by Gasteiger charge is -2.05. The fourth-order valence-corrected chi connectivity index (χ4v) is 3.20. The molecule has 1 amide bonds. The number of aryl methyl sites for hydroxylation is 2. The molecular formula is C12H11NO3S2. The smallest absolute Gasteiger partial charge is 0.348 e. The Bertz CT molecular complexity index is 613. The minimum Gasteiger partial charge on any atom is -0.477 e. The number of aromatic carboxylic acids is 1. The Kier molecular flexibility index (Phi) is 3.49. The molecule has 18 heavy (non-hydrogen) atoms. The molecule has 0 aliphatic rings. The van der Waals surface area contributed by atoms with Crippen molar-refractivity contribution in [2.24, 2.45) is 0 Å². The van der Waals surface area contributed by atoms with Gasteiger partial charge in [-0.25, -0.2) is 4.79 Å². The Morgan fingerprint density at radius 1 is 1.17 bits per heavy atom. The molecule has 0 atom stereocenters. The van der Waals surface area contributed by atoms with Gasteiger partial charge in [-0.05, 0) is 41.8 Å². The van der Waals surface area contributed by atoms with E-state index in [1.165, 1.54) is 11.3 Å². The van der Waals surface area contributed by atoms with Crippen molar-refractivity contribution in [3.63, 3.8) is 0 Å². The van der Waals surface area contributed by atoms with Crippen molar-refractivity contribution in [3.8, 4) is 0 Å². The van der Waals surface area contributed by atoms with Gasteiger partial charge in [0.1, 0.15) is 4.88 Å². The van der Waals surface area contributed by atoms with Crippen molar-refractivity contribution >= 4 is 40.2 Å². The number of amides is 1. The average Bonchev–Trinajstić information content (AvgIpc) is 2.86. The molecule has 6 heteroatoms. The molecule has 0 bridgehead atoms. The number of carboxylic acid groups (broad SMARTS) is 1. The highest BCUT2D eigenvalue weighted by Crippen LogP contribution is 2.28. The Hall–Kier alpha value is -1.66. The Balaban J connectivity index is 2.30. The average molecular weight is 281 g/mol. The number of carbonyl (C=O) groups is 2. The van der Waals surface area contributed by atoms with Gasteiger partial charge in [0.05, 0.1) is 10.6 Å². The number of nitrogens with one attached hydrogen (secondary N) is 1. The number of hydrogen-bond donors (Lipinski definition) is 2. The van der Waals surface area contributed by atoms with Gasteiger partial charge >= 0.3 is 5.97 Å². The summed E-state index contributed by atoms with van der Waals surface area (Å²) in [7, 11) is 0. The first-order valence-corrected chi connectivity index (χ1v) is 6.93. The first-order chi connectivity index (χ1) is 8.50. The van der Waals surface area contributed by atoms with Crippen molar-refractivity contribution in [1.82, 2.24) is 0 Å². The largest absolute Gasteiger partial charge is 0.477 e. The van der Waals surface area contributed by atoms with Gasteiger partial charge < -0.3 is 10.4 Å². The molecule has 0 fully saturated rings. The molecule has 0 aromatic carbocycles. The maximum absolute atomic E-state index is 12.0.